The van der Waals surface area contributed by atoms with Crippen molar-refractivity contribution in [1.29, 1.82) is 0 Å². The number of hydrogen-bond acceptors (Lipinski definition) is 2. The first-order chi connectivity index (χ1) is 8.11. The van der Waals surface area contributed by atoms with Crippen LogP contribution in [0.3, 0.4) is 0 Å². The lowest BCUT2D eigenvalue weighted by Crippen LogP contribution is -2.33. The van der Waals surface area contributed by atoms with Gasteiger partial charge in [-0.05, 0) is 45.1 Å². The topological polar surface area (TPSA) is 33.5 Å². The van der Waals surface area contributed by atoms with E-state index in [0.29, 0.717) is 0 Å². The number of carbonyl (C=O) groups excluding carboxylic acids is 1. The lowest BCUT2D eigenvalue weighted by atomic mass is 10.2. The largest absolute Gasteiger partial charge is 0.466 e. The first-order valence-electron chi connectivity index (χ1n) is 6.48. The summed E-state index contributed by atoms with van der Waals surface area (Å²) in [5.74, 6) is 2.42. The van der Waals surface area contributed by atoms with E-state index in [4.69, 9.17) is 4.42 Å². The Labute approximate surface area is 103 Å². The van der Waals surface area contributed by atoms with Gasteiger partial charge in [0.2, 0.25) is 0 Å². The summed E-state index contributed by atoms with van der Waals surface area (Å²) in [5, 5.41) is 0. The zero-order valence-electron chi connectivity index (χ0n) is 11.0. The third-order valence-corrected chi connectivity index (χ3v) is 3.23. The Hall–Kier alpha value is -1.25. The molecule has 1 heterocycles. The van der Waals surface area contributed by atoms with Crippen molar-refractivity contribution in [2.45, 2.75) is 40.0 Å². The van der Waals surface area contributed by atoms with Crippen molar-refractivity contribution in [2.24, 2.45) is 5.92 Å². The van der Waals surface area contributed by atoms with Crippen molar-refractivity contribution >= 4 is 5.91 Å². The molecule has 0 spiro atoms. The van der Waals surface area contributed by atoms with E-state index < -0.39 is 0 Å². The van der Waals surface area contributed by atoms with Gasteiger partial charge in [0.25, 0.3) is 5.91 Å². The summed E-state index contributed by atoms with van der Waals surface area (Å²) in [6.07, 6.45) is 3.56. The standard InChI is InChI=1S/C14H21NO2/c1-4-7-15(9-12-5-6-12)14(16)13-8-10(2)17-11(13)3/h8,12H,4-7,9H2,1-3H3. The van der Waals surface area contributed by atoms with E-state index in [1.54, 1.807) is 0 Å². The molecule has 1 fully saturated rings. The molecule has 1 aliphatic rings. The molecule has 0 N–H and O–H groups in total. The quantitative estimate of drug-likeness (QED) is 0.785. The molecule has 0 atom stereocenters. The first-order valence-corrected chi connectivity index (χ1v) is 6.48. The average Bonchev–Trinajstić information content (AvgIpc) is 3.02. The van der Waals surface area contributed by atoms with E-state index in [2.05, 4.69) is 6.92 Å². The molecule has 3 nitrogen and oxygen atoms in total. The number of carbonyl (C=O) groups is 1. The Morgan fingerprint density at radius 1 is 1.47 bits per heavy atom. The number of nitrogens with zero attached hydrogens (tertiary/aromatic N) is 1. The molecule has 17 heavy (non-hydrogen) atoms. The summed E-state index contributed by atoms with van der Waals surface area (Å²) in [4.78, 5) is 14.4. The second-order valence-electron chi connectivity index (χ2n) is 5.02. The van der Waals surface area contributed by atoms with E-state index in [1.165, 1.54) is 12.8 Å². The van der Waals surface area contributed by atoms with Gasteiger partial charge in [-0.25, -0.2) is 0 Å². The molecule has 0 aromatic carbocycles. The smallest absolute Gasteiger partial charge is 0.257 e. The van der Waals surface area contributed by atoms with E-state index in [9.17, 15) is 4.79 Å². The van der Waals surface area contributed by atoms with Crippen molar-refractivity contribution in [1.82, 2.24) is 4.90 Å². The molecule has 0 saturated heterocycles. The minimum Gasteiger partial charge on any atom is -0.466 e. The van der Waals surface area contributed by atoms with Crippen LogP contribution >= 0.6 is 0 Å². The normalized spacial score (nSPS) is 15.0. The summed E-state index contributed by atoms with van der Waals surface area (Å²) in [6.45, 7) is 7.62. The fourth-order valence-corrected chi connectivity index (χ4v) is 2.17. The zero-order chi connectivity index (χ0) is 12.4. The molecule has 0 radical (unpaired) electrons. The molecular formula is C14H21NO2. The van der Waals surface area contributed by atoms with Crippen LogP contribution in [0.25, 0.3) is 0 Å². The lowest BCUT2D eigenvalue weighted by molar-refractivity contribution is 0.0746. The van der Waals surface area contributed by atoms with Gasteiger partial charge in [0, 0.05) is 13.1 Å². The highest BCUT2D eigenvalue weighted by Crippen LogP contribution is 2.30. The second kappa shape index (κ2) is 4.94. The van der Waals surface area contributed by atoms with E-state index in [0.717, 1.165) is 42.5 Å². The molecule has 1 aromatic rings. The van der Waals surface area contributed by atoms with Crippen LogP contribution in [-0.4, -0.2) is 23.9 Å². The molecule has 1 aliphatic carbocycles. The molecule has 0 unspecified atom stereocenters. The number of hydrogen-bond donors (Lipinski definition) is 0. The maximum Gasteiger partial charge on any atom is 0.257 e. The van der Waals surface area contributed by atoms with Gasteiger partial charge < -0.3 is 9.32 Å². The van der Waals surface area contributed by atoms with Crippen LogP contribution in [0.15, 0.2) is 10.5 Å². The summed E-state index contributed by atoms with van der Waals surface area (Å²) >= 11 is 0. The summed E-state index contributed by atoms with van der Waals surface area (Å²) in [5.41, 5.74) is 0.733. The summed E-state index contributed by atoms with van der Waals surface area (Å²) < 4.78 is 5.44. The van der Waals surface area contributed by atoms with Gasteiger partial charge in [0.15, 0.2) is 0 Å². The van der Waals surface area contributed by atoms with Crippen LogP contribution < -0.4 is 0 Å². The summed E-state index contributed by atoms with van der Waals surface area (Å²) in [7, 11) is 0. The molecule has 3 heteroatoms. The monoisotopic (exact) mass is 235 g/mol. The van der Waals surface area contributed by atoms with E-state index in [1.807, 2.05) is 24.8 Å². The van der Waals surface area contributed by atoms with Gasteiger partial charge in [0.05, 0.1) is 5.56 Å². The fraction of sp³-hybridized carbons (Fsp3) is 0.643. The molecule has 1 aromatic heterocycles. The van der Waals surface area contributed by atoms with Crippen LogP contribution in [0.2, 0.25) is 0 Å². The van der Waals surface area contributed by atoms with Crippen LogP contribution in [0.1, 0.15) is 48.1 Å². The molecule has 1 saturated carbocycles. The molecule has 0 bridgehead atoms. The van der Waals surface area contributed by atoms with Gasteiger partial charge in [-0.1, -0.05) is 6.92 Å². The maximum atomic E-state index is 12.4. The zero-order valence-corrected chi connectivity index (χ0v) is 11.0. The molecule has 0 aliphatic heterocycles. The number of amides is 1. The Kier molecular flexibility index (Phi) is 3.55. The van der Waals surface area contributed by atoms with Crippen molar-refractivity contribution in [3.05, 3.63) is 23.2 Å². The van der Waals surface area contributed by atoms with Crippen LogP contribution in [-0.2, 0) is 0 Å². The maximum absolute atomic E-state index is 12.4. The van der Waals surface area contributed by atoms with Crippen LogP contribution in [0.5, 0.6) is 0 Å². The Balaban J connectivity index is 2.11. The van der Waals surface area contributed by atoms with Crippen molar-refractivity contribution in [3.63, 3.8) is 0 Å². The van der Waals surface area contributed by atoms with Gasteiger partial charge >= 0.3 is 0 Å². The summed E-state index contributed by atoms with van der Waals surface area (Å²) in [6, 6.07) is 1.85. The minimum atomic E-state index is 0.133. The molecule has 94 valence electrons. The number of rotatable bonds is 5. The highest BCUT2D eigenvalue weighted by Gasteiger charge is 2.28. The number of furan rings is 1. The van der Waals surface area contributed by atoms with E-state index in [-0.39, 0.29) is 5.91 Å². The van der Waals surface area contributed by atoms with Gasteiger partial charge in [-0.15, -0.1) is 0 Å². The Morgan fingerprint density at radius 3 is 2.65 bits per heavy atom. The predicted octanol–water partition coefficient (Wildman–Crippen LogP) is 3.16. The fourth-order valence-electron chi connectivity index (χ4n) is 2.17. The highest BCUT2D eigenvalue weighted by molar-refractivity contribution is 5.95. The van der Waals surface area contributed by atoms with Crippen LogP contribution in [0, 0.1) is 19.8 Å². The van der Waals surface area contributed by atoms with Crippen molar-refractivity contribution < 1.29 is 9.21 Å². The molecular weight excluding hydrogens is 214 g/mol. The van der Waals surface area contributed by atoms with Gasteiger partial charge in [-0.3, -0.25) is 4.79 Å². The third kappa shape index (κ3) is 2.90. The lowest BCUT2D eigenvalue weighted by Gasteiger charge is -2.21. The average molecular weight is 235 g/mol. The van der Waals surface area contributed by atoms with E-state index >= 15 is 0 Å². The predicted molar refractivity (Wildman–Crippen MR) is 67.1 cm³/mol. The van der Waals surface area contributed by atoms with Gasteiger partial charge in [-0.2, -0.15) is 0 Å². The van der Waals surface area contributed by atoms with Crippen molar-refractivity contribution in [2.75, 3.05) is 13.1 Å². The highest BCUT2D eigenvalue weighted by atomic mass is 16.3. The minimum absolute atomic E-state index is 0.133. The Morgan fingerprint density at radius 2 is 2.18 bits per heavy atom. The van der Waals surface area contributed by atoms with Crippen molar-refractivity contribution in [3.8, 4) is 0 Å². The van der Waals surface area contributed by atoms with Gasteiger partial charge in [0.1, 0.15) is 11.5 Å². The SMILES string of the molecule is CCCN(CC1CC1)C(=O)c1cc(C)oc1C. The second-order valence-corrected chi connectivity index (χ2v) is 5.02. The molecule has 1 amide bonds. The Bertz CT molecular complexity index is 404. The van der Waals surface area contributed by atoms with Crippen LogP contribution in [0.4, 0.5) is 0 Å². The number of aryl methyl sites for hydroxylation is 2. The molecule has 2 rings (SSSR count). The third-order valence-electron chi connectivity index (χ3n) is 3.23. The first kappa shape index (κ1) is 12.2.